The number of fused-ring (bicyclic) bond motifs is 1. The fourth-order valence-electron chi connectivity index (χ4n) is 2.20. The van der Waals surface area contributed by atoms with Crippen molar-refractivity contribution in [2.24, 2.45) is 0 Å². The van der Waals surface area contributed by atoms with Gasteiger partial charge in [-0.05, 0) is 18.9 Å². The number of unbranched alkanes of at least 4 members (excludes halogenated alkanes) is 5. The van der Waals surface area contributed by atoms with Crippen LogP contribution in [0.25, 0.3) is 11.0 Å². The fourth-order valence-corrected chi connectivity index (χ4v) is 2.20. The van der Waals surface area contributed by atoms with E-state index in [1.807, 2.05) is 6.20 Å². The van der Waals surface area contributed by atoms with Crippen LogP contribution in [0.4, 0.5) is 0 Å². The molecule has 3 heteroatoms. The molecule has 17 heavy (non-hydrogen) atoms. The molecule has 0 aliphatic rings. The van der Waals surface area contributed by atoms with Gasteiger partial charge in [-0.1, -0.05) is 39.0 Å². The quantitative estimate of drug-likeness (QED) is 0.735. The predicted octanol–water partition coefficient (Wildman–Crippen LogP) is 3.86. The molecule has 0 saturated heterocycles. The molecule has 0 aliphatic heterocycles. The lowest BCUT2D eigenvalue weighted by atomic mass is 10.1. The minimum Gasteiger partial charge on any atom is -0.346 e. The van der Waals surface area contributed by atoms with E-state index in [0.29, 0.717) is 0 Å². The average molecular weight is 231 g/mol. The molecule has 0 radical (unpaired) electrons. The van der Waals surface area contributed by atoms with E-state index >= 15 is 0 Å². The summed E-state index contributed by atoms with van der Waals surface area (Å²) in [5.74, 6) is 0. The van der Waals surface area contributed by atoms with Gasteiger partial charge in [0.05, 0.1) is 5.69 Å². The standard InChI is InChI=1S/C14H21N3/c1-2-3-4-5-6-7-8-13-12-9-10-15-14(12)17-11-16-13/h9-11H,2-8H2,1H3,(H,15,16,17). The van der Waals surface area contributed by atoms with Crippen LogP contribution in [0, 0.1) is 0 Å². The third kappa shape index (κ3) is 3.29. The van der Waals surface area contributed by atoms with Crippen LogP contribution in [0.15, 0.2) is 18.6 Å². The van der Waals surface area contributed by atoms with Crippen LogP contribution in [0.3, 0.4) is 0 Å². The van der Waals surface area contributed by atoms with E-state index < -0.39 is 0 Å². The Labute approximate surface area is 103 Å². The van der Waals surface area contributed by atoms with E-state index in [-0.39, 0.29) is 0 Å². The summed E-state index contributed by atoms with van der Waals surface area (Å²) in [5.41, 5.74) is 2.15. The van der Waals surface area contributed by atoms with Crippen LogP contribution >= 0.6 is 0 Å². The lowest BCUT2D eigenvalue weighted by molar-refractivity contribution is 0.605. The Morgan fingerprint density at radius 1 is 1.06 bits per heavy atom. The lowest BCUT2D eigenvalue weighted by Gasteiger charge is -2.02. The maximum absolute atomic E-state index is 4.38. The molecule has 0 amide bonds. The predicted molar refractivity (Wildman–Crippen MR) is 71.0 cm³/mol. The molecule has 0 bridgehead atoms. The van der Waals surface area contributed by atoms with E-state index in [0.717, 1.165) is 12.1 Å². The van der Waals surface area contributed by atoms with Gasteiger partial charge in [-0.15, -0.1) is 0 Å². The number of aromatic nitrogens is 3. The molecule has 92 valence electrons. The highest BCUT2D eigenvalue weighted by molar-refractivity contribution is 5.77. The second kappa shape index (κ2) is 6.38. The highest BCUT2D eigenvalue weighted by Gasteiger charge is 2.03. The minimum absolute atomic E-state index is 0.959. The normalized spacial score (nSPS) is 11.1. The second-order valence-corrected chi connectivity index (χ2v) is 4.58. The molecule has 2 rings (SSSR count). The molecular formula is C14H21N3. The van der Waals surface area contributed by atoms with Crippen molar-refractivity contribution in [3.8, 4) is 0 Å². The van der Waals surface area contributed by atoms with Gasteiger partial charge in [0, 0.05) is 11.6 Å². The van der Waals surface area contributed by atoms with Crippen molar-refractivity contribution >= 4 is 11.0 Å². The number of rotatable bonds is 7. The van der Waals surface area contributed by atoms with Crippen LogP contribution in [0.1, 0.15) is 51.1 Å². The maximum Gasteiger partial charge on any atom is 0.140 e. The van der Waals surface area contributed by atoms with Crippen LogP contribution in [-0.2, 0) is 6.42 Å². The minimum atomic E-state index is 0.959. The molecule has 2 heterocycles. The SMILES string of the molecule is CCCCCCCCc1ncnc2[nH]ccc12. The third-order valence-corrected chi connectivity index (χ3v) is 3.20. The van der Waals surface area contributed by atoms with E-state index in [9.17, 15) is 0 Å². The zero-order valence-corrected chi connectivity index (χ0v) is 10.6. The summed E-state index contributed by atoms with van der Waals surface area (Å²) in [6.07, 6.45) is 12.6. The van der Waals surface area contributed by atoms with Crippen molar-refractivity contribution in [1.29, 1.82) is 0 Å². The van der Waals surface area contributed by atoms with Crippen molar-refractivity contribution in [3.05, 3.63) is 24.3 Å². The summed E-state index contributed by atoms with van der Waals surface area (Å²) >= 11 is 0. The Morgan fingerprint density at radius 3 is 2.76 bits per heavy atom. The maximum atomic E-state index is 4.38. The molecule has 0 fully saturated rings. The molecule has 0 spiro atoms. The first kappa shape index (κ1) is 12.1. The molecule has 2 aromatic rings. The van der Waals surface area contributed by atoms with Gasteiger partial charge in [0.15, 0.2) is 0 Å². The summed E-state index contributed by atoms with van der Waals surface area (Å²) in [5, 5.41) is 1.18. The van der Waals surface area contributed by atoms with Gasteiger partial charge < -0.3 is 4.98 Å². The highest BCUT2D eigenvalue weighted by Crippen LogP contribution is 2.15. The van der Waals surface area contributed by atoms with Crippen LogP contribution in [0.2, 0.25) is 0 Å². The van der Waals surface area contributed by atoms with Gasteiger partial charge in [0.25, 0.3) is 0 Å². The average Bonchev–Trinajstić information content (AvgIpc) is 2.82. The number of hydrogen-bond acceptors (Lipinski definition) is 2. The van der Waals surface area contributed by atoms with Crippen LogP contribution in [-0.4, -0.2) is 15.0 Å². The second-order valence-electron chi connectivity index (χ2n) is 4.58. The monoisotopic (exact) mass is 231 g/mol. The van der Waals surface area contributed by atoms with Crippen LogP contribution < -0.4 is 0 Å². The molecule has 0 unspecified atom stereocenters. The number of aryl methyl sites for hydroxylation is 1. The number of hydrogen-bond donors (Lipinski definition) is 1. The van der Waals surface area contributed by atoms with Gasteiger partial charge in [0.1, 0.15) is 12.0 Å². The first-order valence-electron chi connectivity index (χ1n) is 6.68. The van der Waals surface area contributed by atoms with Gasteiger partial charge in [-0.25, -0.2) is 9.97 Å². The summed E-state index contributed by atoms with van der Waals surface area (Å²) in [7, 11) is 0. The molecule has 0 saturated carbocycles. The van der Waals surface area contributed by atoms with Crippen molar-refractivity contribution in [2.45, 2.75) is 51.9 Å². The number of aromatic amines is 1. The summed E-state index contributed by atoms with van der Waals surface area (Å²) in [6, 6.07) is 2.07. The van der Waals surface area contributed by atoms with Crippen LogP contribution in [0.5, 0.6) is 0 Å². The molecule has 0 aliphatic carbocycles. The Hall–Kier alpha value is -1.38. The Kier molecular flexibility index (Phi) is 4.54. The fraction of sp³-hybridized carbons (Fsp3) is 0.571. The zero-order valence-electron chi connectivity index (χ0n) is 10.6. The van der Waals surface area contributed by atoms with Gasteiger partial charge in [-0.2, -0.15) is 0 Å². The molecule has 3 nitrogen and oxygen atoms in total. The summed E-state index contributed by atoms with van der Waals surface area (Å²) in [4.78, 5) is 11.7. The van der Waals surface area contributed by atoms with E-state index in [1.165, 1.54) is 49.6 Å². The lowest BCUT2D eigenvalue weighted by Crippen LogP contribution is -1.93. The van der Waals surface area contributed by atoms with Gasteiger partial charge in [-0.3, -0.25) is 0 Å². The van der Waals surface area contributed by atoms with Gasteiger partial charge in [0.2, 0.25) is 0 Å². The first-order valence-corrected chi connectivity index (χ1v) is 6.68. The Balaban J connectivity index is 1.80. The van der Waals surface area contributed by atoms with E-state index in [2.05, 4.69) is 27.9 Å². The van der Waals surface area contributed by atoms with Crippen molar-refractivity contribution in [3.63, 3.8) is 0 Å². The number of nitrogens with one attached hydrogen (secondary N) is 1. The Bertz CT molecular complexity index is 447. The first-order chi connectivity index (χ1) is 8.42. The summed E-state index contributed by atoms with van der Waals surface area (Å²) in [6.45, 7) is 2.25. The Morgan fingerprint density at radius 2 is 1.88 bits per heavy atom. The molecule has 1 N–H and O–H groups in total. The molecule has 2 aromatic heterocycles. The largest absolute Gasteiger partial charge is 0.346 e. The van der Waals surface area contributed by atoms with E-state index in [4.69, 9.17) is 0 Å². The van der Waals surface area contributed by atoms with Crippen molar-refractivity contribution in [2.75, 3.05) is 0 Å². The highest BCUT2D eigenvalue weighted by atomic mass is 14.9. The number of nitrogens with zero attached hydrogens (tertiary/aromatic N) is 2. The molecular weight excluding hydrogens is 210 g/mol. The number of H-pyrrole nitrogens is 1. The zero-order chi connectivity index (χ0) is 11.9. The smallest absolute Gasteiger partial charge is 0.140 e. The molecule has 0 aromatic carbocycles. The summed E-state index contributed by atoms with van der Waals surface area (Å²) < 4.78 is 0. The van der Waals surface area contributed by atoms with Gasteiger partial charge >= 0.3 is 0 Å². The third-order valence-electron chi connectivity index (χ3n) is 3.20. The topological polar surface area (TPSA) is 41.6 Å². The van der Waals surface area contributed by atoms with Crippen molar-refractivity contribution < 1.29 is 0 Å². The molecule has 0 atom stereocenters. The van der Waals surface area contributed by atoms with E-state index in [1.54, 1.807) is 6.33 Å². The van der Waals surface area contributed by atoms with Crippen molar-refractivity contribution in [1.82, 2.24) is 15.0 Å².